The van der Waals surface area contributed by atoms with Gasteiger partial charge in [0, 0.05) is 6.04 Å². The summed E-state index contributed by atoms with van der Waals surface area (Å²) in [4.78, 5) is 1.96. The number of hydrogen-bond donors (Lipinski definition) is 0. The SMILES string of the molecule is CCN1C(C)CCCCC1C(F)F. The van der Waals surface area contributed by atoms with Crippen molar-refractivity contribution in [1.29, 1.82) is 0 Å². The van der Waals surface area contributed by atoms with Crippen LogP contribution in [0, 0.1) is 0 Å². The highest BCUT2D eigenvalue weighted by atomic mass is 19.3. The van der Waals surface area contributed by atoms with Crippen LogP contribution in [0.2, 0.25) is 0 Å². The Hall–Kier alpha value is -0.180. The molecule has 1 heterocycles. The zero-order valence-electron chi connectivity index (χ0n) is 8.47. The fourth-order valence-electron chi connectivity index (χ4n) is 2.27. The molecule has 3 heteroatoms. The third kappa shape index (κ3) is 2.63. The molecule has 2 atom stereocenters. The quantitative estimate of drug-likeness (QED) is 0.648. The Kier molecular flexibility index (Phi) is 4.10. The van der Waals surface area contributed by atoms with E-state index in [2.05, 4.69) is 6.92 Å². The van der Waals surface area contributed by atoms with Gasteiger partial charge in [-0.1, -0.05) is 19.8 Å². The van der Waals surface area contributed by atoms with E-state index in [0.717, 1.165) is 25.8 Å². The van der Waals surface area contributed by atoms with Gasteiger partial charge in [0.2, 0.25) is 0 Å². The van der Waals surface area contributed by atoms with Crippen molar-refractivity contribution in [3.8, 4) is 0 Å². The van der Waals surface area contributed by atoms with Gasteiger partial charge in [0.05, 0.1) is 6.04 Å². The second-order valence-electron chi connectivity index (χ2n) is 3.87. The minimum Gasteiger partial charge on any atom is -0.293 e. The molecule has 78 valence electrons. The maximum Gasteiger partial charge on any atom is 0.253 e. The first-order valence-electron chi connectivity index (χ1n) is 5.20. The van der Waals surface area contributed by atoms with Crippen molar-refractivity contribution < 1.29 is 8.78 Å². The Balaban J connectivity index is 2.65. The van der Waals surface area contributed by atoms with Crippen LogP contribution in [0.3, 0.4) is 0 Å². The molecule has 0 amide bonds. The van der Waals surface area contributed by atoms with Crippen molar-refractivity contribution in [3.63, 3.8) is 0 Å². The molecule has 0 aliphatic carbocycles. The van der Waals surface area contributed by atoms with Crippen LogP contribution in [-0.2, 0) is 0 Å². The Morgan fingerprint density at radius 2 is 1.92 bits per heavy atom. The summed E-state index contributed by atoms with van der Waals surface area (Å²) >= 11 is 0. The average Bonchev–Trinajstić information content (AvgIpc) is 2.26. The zero-order chi connectivity index (χ0) is 9.84. The van der Waals surface area contributed by atoms with Gasteiger partial charge in [0.15, 0.2) is 0 Å². The predicted molar refractivity (Wildman–Crippen MR) is 50.1 cm³/mol. The highest BCUT2D eigenvalue weighted by Gasteiger charge is 2.30. The van der Waals surface area contributed by atoms with Crippen LogP contribution in [-0.4, -0.2) is 30.0 Å². The number of likely N-dealkylation sites (tertiary alicyclic amines) is 1. The summed E-state index contributed by atoms with van der Waals surface area (Å²) in [5.41, 5.74) is 0. The highest BCUT2D eigenvalue weighted by molar-refractivity contribution is 4.81. The maximum absolute atomic E-state index is 12.7. The topological polar surface area (TPSA) is 3.24 Å². The van der Waals surface area contributed by atoms with Crippen molar-refractivity contribution >= 4 is 0 Å². The first-order valence-corrected chi connectivity index (χ1v) is 5.20. The molecule has 1 nitrogen and oxygen atoms in total. The molecule has 1 rings (SSSR count). The molecule has 0 spiro atoms. The number of nitrogens with zero attached hydrogens (tertiary/aromatic N) is 1. The normalized spacial score (nSPS) is 32.1. The lowest BCUT2D eigenvalue weighted by Crippen LogP contribution is -2.44. The monoisotopic (exact) mass is 191 g/mol. The van der Waals surface area contributed by atoms with E-state index < -0.39 is 12.5 Å². The number of rotatable bonds is 2. The Labute approximate surface area is 79.1 Å². The largest absolute Gasteiger partial charge is 0.293 e. The number of alkyl halides is 2. The number of halogens is 2. The zero-order valence-corrected chi connectivity index (χ0v) is 8.47. The lowest BCUT2D eigenvalue weighted by atomic mass is 10.1. The Morgan fingerprint density at radius 3 is 2.46 bits per heavy atom. The van der Waals surface area contributed by atoms with Crippen molar-refractivity contribution in [1.82, 2.24) is 4.90 Å². The lowest BCUT2D eigenvalue weighted by Gasteiger charge is -2.32. The molecule has 2 unspecified atom stereocenters. The molecule has 1 aliphatic rings. The van der Waals surface area contributed by atoms with Gasteiger partial charge < -0.3 is 0 Å². The van der Waals surface area contributed by atoms with Gasteiger partial charge in [0.1, 0.15) is 0 Å². The van der Waals surface area contributed by atoms with E-state index in [1.807, 2.05) is 11.8 Å². The first kappa shape index (κ1) is 10.9. The third-order valence-corrected chi connectivity index (χ3v) is 3.02. The predicted octanol–water partition coefficient (Wildman–Crippen LogP) is 2.90. The van der Waals surface area contributed by atoms with Gasteiger partial charge in [-0.05, 0) is 26.3 Å². The van der Waals surface area contributed by atoms with Gasteiger partial charge in [0.25, 0.3) is 6.43 Å². The first-order chi connectivity index (χ1) is 6.16. The average molecular weight is 191 g/mol. The molecule has 0 saturated carbocycles. The summed E-state index contributed by atoms with van der Waals surface area (Å²) in [5, 5.41) is 0. The van der Waals surface area contributed by atoms with Gasteiger partial charge >= 0.3 is 0 Å². The Bertz CT molecular complexity index is 150. The smallest absolute Gasteiger partial charge is 0.253 e. The summed E-state index contributed by atoms with van der Waals surface area (Å²) in [6, 6.07) is -0.172. The second kappa shape index (κ2) is 4.89. The molecule has 1 fully saturated rings. The minimum absolute atomic E-state index is 0.325. The summed E-state index contributed by atoms with van der Waals surface area (Å²) in [5.74, 6) is 0. The van der Waals surface area contributed by atoms with Crippen LogP contribution < -0.4 is 0 Å². The van der Waals surface area contributed by atoms with Crippen LogP contribution >= 0.6 is 0 Å². The molecule has 0 N–H and O–H groups in total. The van der Waals surface area contributed by atoms with Crippen LogP contribution in [0.4, 0.5) is 8.78 Å². The molecular weight excluding hydrogens is 172 g/mol. The van der Waals surface area contributed by atoms with Crippen LogP contribution in [0.15, 0.2) is 0 Å². The highest BCUT2D eigenvalue weighted by Crippen LogP contribution is 2.25. The summed E-state index contributed by atoms with van der Waals surface area (Å²) < 4.78 is 25.3. The standard InChI is InChI=1S/C10H19F2N/c1-3-13-8(2)6-4-5-7-9(13)10(11)12/h8-10H,3-7H2,1-2H3. The van der Waals surface area contributed by atoms with E-state index >= 15 is 0 Å². The van der Waals surface area contributed by atoms with Crippen molar-refractivity contribution in [2.75, 3.05) is 6.54 Å². The van der Waals surface area contributed by atoms with Crippen molar-refractivity contribution in [2.45, 2.75) is 58.0 Å². The molecule has 0 aromatic rings. The molecule has 1 saturated heterocycles. The molecule has 0 aromatic heterocycles. The lowest BCUT2D eigenvalue weighted by molar-refractivity contribution is 0.0103. The van der Waals surface area contributed by atoms with Crippen LogP contribution in [0.1, 0.15) is 39.5 Å². The van der Waals surface area contributed by atoms with Crippen molar-refractivity contribution in [3.05, 3.63) is 0 Å². The van der Waals surface area contributed by atoms with E-state index in [1.165, 1.54) is 0 Å². The van der Waals surface area contributed by atoms with E-state index in [-0.39, 0.29) is 0 Å². The van der Waals surface area contributed by atoms with Crippen LogP contribution in [0.25, 0.3) is 0 Å². The van der Waals surface area contributed by atoms with Crippen molar-refractivity contribution in [2.24, 2.45) is 0 Å². The van der Waals surface area contributed by atoms with E-state index in [0.29, 0.717) is 12.5 Å². The molecular formula is C10H19F2N. The summed E-state index contributed by atoms with van der Waals surface area (Å²) in [7, 11) is 0. The third-order valence-electron chi connectivity index (χ3n) is 3.02. The van der Waals surface area contributed by atoms with Gasteiger partial charge in [-0.25, -0.2) is 8.78 Å². The summed E-state index contributed by atoms with van der Waals surface area (Å²) in [6.45, 7) is 4.78. The summed E-state index contributed by atoms with van der Waals surface area (Å²) in [6.07, 6.45) is 1.60. The van der Waals surface area contributed by atoms with E-state index in [1.54, 1.807) is 0 Å². The van der Waals surface area contributed by atoms with Gasteiger partial charge in [-0.3, -0.25) is 4.90 Å². The van der Waals surface area contributed by atoms with E-state index in [9.17, 15) is 8.78 Å². The fourth-order valence-corrected chi connectivity index (χ4v) is 2.27. The Morgan fingerprint density at radius 1 is 1.31 bits per heavy atom. The van der Waals surface area contributed by atoms with Crippen LogP contribution in [0.5, 0.6) is 0 Å². The maximum atomic E-state index is 12.7. The molecule has 0 bridgehead atoms. The minimum atomic E-state index is -2.18. The molecule has 13 heavy (non-hydrogen) atoms. The second-order valence-corrected chi connectivity index (χ2v) is 3.87. The van der Waals surface area contributed by atoms with Gasteiger partial charge in [-0.15, -0.1) is 0 Å². The molecule has 0 aromatic carbocycles. The molecule has 0 radical (unpaired) electrons. The van der Waals surface area contributed by atoms with E-state index in [4.69, 9.17) is 0 Å². The fraction of sp³-hybridized carbons (Fsp3) is 1.00. The van der Waals surface area contributed by atoms with Gasteiger partial charge in [-0.2, -0.15) is 0 Å². The molecule has 1 aliphatic heterocycles. The number of hydrogen-bond acceptors (Lipinski definition) is 1.